The third kappa shape index (κ3) is 5.78. The fourth-order valence-electron chi connectivity index (χ4n) is 7.12. The van der Waals surface area contributed by atoms with Crippen molar-refractivity contribution in [2.75, 3.05) is 0 Å². The van der Waals surface area contributed by atoms with Gasteiger partial charge in [0.25, 0.3) is 0 Å². The molecule has 0 aromatic heterocycles. The molecule has 0 saturated heterocycles. The van der Waals surface area contributed by atoms with E-state index in [0.29, 0.717) is 5.92 Å². The summed E-state index contributed by atoms with van der Waals surface area (Å²) in [6.45, 7) is 8.62. The minimum atomic E-state index is 0.617. The van der Waals surface area contributed by atoms with Crippen LogP contribution in [0.4, 0.5) is 0 Å². The molecule has 0 radical (unpaired) electrons. The van der Waals surface area contributed by atoms with Crippen molar-refractivity contribution in [3.63, 3.8) is 0 Å². The van der Waals surface area contributed by atoms with E-state index in [9.17, 15) is 0 Å². The van der Waals surface area contributed by atoms with E-state index in [0.717, 1.165) is 0 Å². The van der Waals surface area contributed by atoms with Crippen molar-refractivity contribution in [2.24, 2.45) is 0 Å². The lowest BCUT2D eigenvalue weighted by Crippen LogP contribution is -1.98. The summed E-state index contributed by atoms with van der Waals surface area (Å²) in [5.41, 5.74) is 9.25. The van der Waals surface area contributed by atoms with Crippen LogP contribution in [0.2, 0.25) is 0 Å². The molecule has 0 heteroatoms. The van der Waals surface area contributed by atoms with Crippen molar-refractivity contribution in [1.82, 2.24) is 0 Å². The normalized spacial score (nSPS) is 11.8. The fourth-order valence-corrected chi connectivity index (χ4v) is 7.12. The van der Waals surface area contributed by atoms with Crippen molar-refractivity contribution in [1.29, 1.82) is 0 Å². The molecule has 7 aromatic rings. The summed E-state index contributed by atoms with van der Waals surface area (Å²) in [5.74, 6) is 0.617. The molecule has 7 aromatic carbocycles. The highest BCUT2D eigenvalue weighted by Gasteiger charge is 2.19. The molecule has 1 unspecified atom stereocenters. The van der Waals surface area contributed by atoms with Crippen LogP contribution in [-0.2, 0) is 0 Å². The molecule has 7 rings (SSSR count). The van der Waals surface area contributed by atoms with Gasteiger partial charge in [-0.3, -0.25) is 0 Å². The van der Waals surface area contributed by atoms with Gasteiger partial charge in [0.1, 0.15) is 0 Å². The van der Waals surface area contributed by atoms with E-state index in [1.165, 1.54) is 96.9 Å². The smallest absolute Gasteiger partial charge is 0.00201 e. The lowest BCUT2D eigenvalue weighted by atomic mass is 9.83. The quantitative estimate of drug-likeness (QED) is 0.156. The van der Waals surface area contributed by atoms with E-state index in [1.54, 1.807) is 0 Å². The summed E-state index contributed by atoms with van der Waals surface area (Å²) in [6.07, 6.45) is 4.97. The van der Waals surface area contributed by atoms with Gasteiger partial charge >= 0.3 is 0 Å². The van der Waals surface area contributed by atoms with Gasteiger partial charge in [0.15, 0.2) is 0 Å². The molecule has 0 spiro atoms. The fraction of sp³-hybridized carbons (Fsp3) is 0.200. The summed E-state index contributed by atoms with van der Waals surface area (Å²) in [5, 5.41) is 7.77. The first-order valence-electron chi connectivity index (χ1n) is 16.9. The van der Waals surface area contributed by atoms with Crippen LogP contribution in [0.5, 0.6) is 0 Å². The monoisotopic (exact) mass is 584 g/mol. The van der Waals surface area contributed by atoms with Gasteiger partial charge in [0, 0.05) is 0 Å². The number of unbranched alkanes of at least 4 members (excludes halogenated alkanes) is 1. The number of hydrogen-bond donors (Lipinski definition) is 0. The first kappa shape index (κ1) is 30.4. The number of rotatable bonds is 8. The lowest BCUT2D eigenvalue weighted by molar-refractivity contribution is 0.570. The molecule has 0 bridgehead atoms. The van der Waals surface area contributed by atoms with Gasteiger partial charge in [-0.1, -0.05) is 180 Å². The van der Waals surface area contributed by atoms with Crippen LogP contribution >= 0.6 is 0 Å². The second-order valence-electron chi connectivity index (χ2n) is 11.8. The molecule has 0 fully saturated rings. The first-order chi connectivity index (χ1) is 22.3. The van der Waals surface area contributed by atoms with Crippen LogP contribution in [0, 0.1) is 0 Å². The Bertz CT molecular complexity index is 1990. The average molecular weight is 585 g/mol. The van der Waals surface area contributed by atoms with E-state index >= 15 is 0 Å². The molecule has 1 atom stereocenters. The van der Waals surface area contributed by atoms with Crippen LogP contribution in [0.1, 0.15) is 64.9 Å². The van der Waals surface area contributed by atoms with Gasteiger partial charge in [0.05, 0.1) is 0 Å². The Labute approximate surface area is 269 Å². The maximum atomic E-state index is 2.45. The summed E-state index contributed by atoms with van der Waals surface area (Å²) in [6, 6.07) is 51.8. The maximum absolute atomic E-state index is 2.45. The minimum Gasteiger partial charge on any atom is -0.0683 e. The number of fused-ring (bicyclic) bond motifs is 3. The van der Waals surface area contributed by atoms with Gasteiger partial charge < -0.3 is 0 Å². The van der Waals surface area contributed by atoms with Crippen LogP contribution in [0.15, 0.2) is 140 Å². The van der Waals surface area contributed by atoms with Crippen molar-refractivity contribution >= 4 is 32.3 Å². The van der Waals surface area contributed by atoms with Crippen LogP contribution in [-0.4, -0.2) is 0 Å². The van der Waals surface area contributed by atoms with Crippen LogP contribution in [0.25, 0.3) is 65.7 Å². The Kier molecular flexibility index (Phi) is 9.41. The molecule has 0 heterocycles. The van der Waals surface area contributed by atoms with E-state index in [2.05, 4.69) is 153 Å². The highest BCUT2D eigenvalue weighted by molar-refractivity contribution is 6.24. The molecule has 45 heavy (non-hydrogen) atoms. The summed E-state index contributed by atoms with van der Waals surface area (Å²) >= 11 is 0. The minimum absolute atomic E-state index is 0.617. The van der Waals surface area contributed by atoms with Gasteiger partial charge in [0.2, 0.25) is 0 Å². The average Bonchev–Trinajstić information content (AvgIpc) is 3.12. The van der Waals surface area contributed by atoms with Gasteiger partial charge in [-0.05, 0) is 90.0 Å². The van der Waals surface area contributed by atoms with Crippen molar-refractivity contribution < 1.29 is 0 Å². The second kappa shape index (κ2) is 14.0. The van der Waals surface area contributed by atoms with Crippen molar-refractivity contribution in [3.05, 3.63) is 145 Å². The van der Waals surface area contributed by atoms with Crippen molar-refractivity contribution in [2.45, 2.75) is 59.3 Å². The largest absolute Gasteiger partial charge is 0.0683 e. The number of benzene rings is 7. The maximum Gasteiger partial charge on any atom is -0.00201 e. The summed E-state index contributed by atoms with van der Waals surface area (Å²) < 4.78 is 0. The molecule has 0 aliphatic heterocycles. The van der Waals surface area contributed by atoms with Crippen molar-refractivity contribution in [3.8, 4) is 33.4 Å². The van der Waals surface area contributed by atoms with E-state index in [1.807, 2.05) is 13.8 Å². The zero-order valence-electron chi connectivity index (χ0n) is 27.2. The Hall–Kier alpha value is -4.68. The lowest BCUT2D eigenvalue weighted by Gasteiger charge is -2.20. The van der Waals surface area contributed by atoms with E-state index in [-0.39, 0.29) is 0 Å². The molecule has 0 aliphatic carbocycles. The zero-order chi connectivity index (χ0) is 31.2. The highest BCUT2D eigenvalue weighted by Crippen LogP contribution is 2.46. The van der Waals surface area contributed by atoms with Crippen LogP contribution in [0.3, 0.4) is 0 Å². The Morgan fingerprint density at radius 2 is 0.933 bits per heavy atom. The SMILES string of the molecule is CC.CCCCC(CC)c1cccc(-c2ccc(-c3c4ccccc4c(-c4ccccc4)c4ccccc34)c3ccccc23)c1. The Morgan fingerprint density at radius 3 is 1.51 bits per heavy atom. The van der Waals surface area contributed by atoms with Gasteiger partial charge in [-0.2, -0.15) is 0 Å². The van der Waals surface area contributed by atoms with E-state index in [4.69, 9.17) is 0 Å². The molecule has 0 nitrogen and oxygen atoms in total. The topological polar surface area (TPSA) is 0 Å². The summed E-state index contributed by atoms with van der Waals surface area (Å²) in [7, 11) is 0. The summed E-state index contributed by atoms with van der Waals surface area (Å²) in [4.78, 5) is 0. The molecular weight excluding hydrogens is 540 g/mol. The molecule has 0 saturated carbocycles. The molecule has 0 N–H and O–H groups in total. The first-order valence-corrected chi connectivity index (χ1v) is 16.9. The zero-order valence-corrected chi connectivity index (χ0v) is 27.2. The molecule has 0 amide bonds. The predicted molar refractivity (Wildman–Crippen MR) is 199 cm³/mol. The molecule has 0 aliphatic rings. The van der Waals surface area contributed by atoms with Crippen LogP contribution < -0.4 is 0 Å². The molecular formula is C45H44. The third-order valence-electron chi connectivity index (χ3n) is 9.26. The Morgan fingerprint density at radius 1 is 0.444 bits per heavy atom. The number of hydrogen-bond acceptors (Lipinski definition) is 0. The van der Waals surface area contributed by atoms with Gasteiger partial charge in [-0.25, -0.2) is 0 Å². The highest BCUT2D eigenvalue weighted by atomic mass is 14.2. The second-order valence-corrected chi connectivity index (χ2v) is 11.8. The predicted octanol–water partition coefficient (Wildman–Crippen LogP) is 13.9. The van der Waals surface area contributed by atoms with E-state index < -0.39 is 0 Å². The molecule has 224 valence electrons. The Balaban J connectivity index is 0.00000175. The van der Waals surface area contributed by atoms with Gasteiger partial charge in [-0.15, -0.1) is 0 Å². The third-order valence-corrected chi connectivity index (χ3v) is 9.26. The standard InChI is InChI=1S/C43H38.C2H6/c1-3-5-16-30(4-2)32-19-15-20-33(29-32)34-27-28-41(36-22-10-9-21-35(34)36)43-39-25-13-11-23-37(39)42(31-17-7-6-8-18-31)38-24-12-14-26-40(38)43;1-2/h6-15,17-30H,3-5,16H2,1-2H3;1-2H3.